The van der Waals surface area contributed by atoms with Crippen molar-refractivity contribution in [1.29, 1.82) is 0 Å². The Bertz CT molecular complexity index is 749. The van der Waals surface area contributed by atoms with Crippen molar-refractivity contribution in [3.8, 4) is 0 Å². The molecule has 22 heavy (non-hydrogen) atoms. The van der Waals surface area contributed by atoms with E-state index in [1.165, 1.54) is 0 Å². The highest BCUT2D eigenvalue weighted by Crippen LogP contribution is 2.26. The fourth-order valence-corrected chi connectivity index (χ4v) is 3.53. The van der Waals surface area contributed by atoms with Crippen molar-refractivity contribution >= 4 is 22.4 Å². The summed E-state index contributed by atoms with van der Waals surface area (Å²) >= 11 is 1.67. The summed E-state index contributed by atoms with van der Waals surface area (Å²) in [6.07, 6.45) is 0.0526. The van der Waals surface area contributed by atoms with Crippen molar-refractivity contribution in [2.45, 2.75) is 19.6 Å². The highest BCUT2D eigenvalue weighted by Gasteiger charge is 2.25. The van der Waals surface area contributed by atoms with Crippen LogP contribution in [0.5, 0.6) is 0 Å². The fourth-order valence-electron chi connectivity index (χ4n) is 2.69. The summed E-state index contributed by atoms with van der Waals surface area (Å²) in [5, 5.41) is 3.12. The van der Waals surface area contributed by atoms with Crippen LogP contribution in [0.25, 0.3) is 11.1 Å². The molecule has 3 aromatic rings. The lowest BCUT2D eigenvalue weighted by atomic mass is 10.3. The molecule has 1 saturated heterocycles. The van der Waals surface area contributed by atoms with Gasteiger partial charge in [-0.1, -0.05) is 12.1 Å². The number of para-hydroxylation sites is 2. The molecule has 4 rings (SSSR count). The first-order chi connectivity index (χ1) is 10.8. The van der Waals surface area contributed by atoms with Gasteiger partial charge < -0.3 is 9.15 Å². The maximum atomic E-state index is 5.86. The molecular weight excluding hydrogens is 298 g/mol. The van der Waals surface area contributed by atoms with Crippen LogP contribution in [0.15, 0.2) is 34.1 Å². The quantitative estimate of drug-likeness (QED) is 0.743. The van der Waals surface area contributed by atoms with E-state index >= 15 is 0 Å². The summed E-state index contributed by atoms with van der Waals surface area (Å²) in [5.74, 6) is 0.761. The van der Waals surface area contributed by atoms with Crippen LogP contribution < -0.4 is 0 Å². The van der Waals surface area contributed by atoms with Gasteiger partial charge in [-0.05, 0) is 19.1 Å². The molecule has 114 valence electrons. The van der Waals surface area contributed by atoms with Crippen molar-refractivity contribution in [1.82, 2.24) is 14.9 Å². The van der Waals surface area contributed by atoms with Crippen molar-refractivity contribution in [3.05, 3.63) is 46.2 Å². The average Bonchev–Trinajstić information content (AvgIpc) is 3.13. The number of aryl methyl sites for hydroxylation is 1. The number of ether oxygens (including phenoxy) is 1. The monoisotopic (exact) mass is 315 g/mol. The second-order valence-corrected chi connectivity index (χ2v) is 6.39. The van der Waals surface area contributed by atoms with Gasteiger partial charge in [-0.2, -0.15) is 0 Å². The SMILES string of the molecule is Cc1csc(C2CN(Cc3nc4ccccc4o3)CCO2)n1. The van der Waals surface area contributed by atoms with Crippen molar-refractivity contribution in [2.24, 2.45) is 0 Å². The first kappa shape index (κ1) is 13.9. The first-order valence-corrected chi connectivity index (χ1v) is 8.26. The number of rotatable bonds is 3. The zero-order valence-electron chi connectivity index (χ0n) is 12.4. The molecule has 0 aliphatic carbocycles. The molecule has 0 bridgehead atoms. The standard InChI is InChI=1S/C16H17N3O2S/c1-11-10-22-16(17-11)14-8-19(6-7-20-14)9-15-18-12-4-2-3-5-13(12)21-15/h2-5,10,14H,6-9H2,1H3. The average molecular weight is 315 g/mol. The molecule has 1 fully saturated rings. The summed E-state index contributed by atoms with van der Waals surface area (Å²) in [4.78, 5) is 11.4. The summed E-state index contributed by atoms with van der Waals surface area (Å²) in [6.45, 7) is 5.15. The van der Waals surface area contributed by atoms with E-state index in [-0.39, 0.29) is 6.10 Å². The molecule has 0 saturated carbocycles. The van der Waals surface area contributed by atoms with Crippen LogP contribution in [-0.2, 0) is 11.3 Å². The Balaban J connectivity index is 1.48. The van der Waals surface area contributed by atoms with E-state index in [1.54, 1.807) is 11.3 Å². The molecule has 6 heteroatoms. The molecule has 3 heterocycles. The smallest absolute Gasteiger partial charge is 0.209 e. The fraction of sp³-hybridized carbons (Fsp3) is 0.375. The van der Waals surface area contributed by atoms with Crippen LogP contribution in [-0.4, -0.2) is 34.6 Å². The lowest BCUT2D eigenvalue weighted by molar-refractivity contribution is -0.0351. The van der Waals surface area contributed by atoms with Gasteiger partial charge in [0.15, 0.2) is 5.58 Å². The number of hydrogen-bond acceptors (Lipinski definition) is 6. The molecule has 0 radical (unpaired) electrons. The van der Waals surface area contributed by atoms with E-state index in [0.29, 0.717) is 13.2 Å². The first-order valence-electron chi connectivity index (χ1n) is 7.38. The second kappa shape index (κ2) is 5.79. The molecule has 5 nitrogen and oxygen atoms in total. The molecule has 1 aromatic carbocycles. The number of benzene rings is 1. The molecule has 1 aliphatic rings. The van der Waals surface area contributed by atoms with E-state index in [1.807, 2.05) is 31.2 Å². The van der Waals surface area contributed by atoms with Gasteiger partial charge in [-0.3, -0.25) is 4.90 Å². The Morgan fingerprint density at radius 1 is 1.32 bits per heavy atom. The Morgan fingerprint density at radius 2 is 2.23 bits per heavy atom. The zero-order valence-corrected chi connectivity index (χ0v) is 13.2. The lowest BCUT2D eigenvalue weighted by Crippen LogP contribution is -2.37. The van der Waals surface area contributed by atoms with Gasteiger partial charge in [0.05, 0.1) is 13.2 Å². The Kier molecular flexibility index (Phi) is 3.65. The number of morpholine rings is 1. The molecule has 0 amide bonds. The molecular formula is C16H17N3O2S. The molecule has 0 spiro atoms. The summed E-state index contributed by atoms with van der Waals surface area (Å²) in [7, 11) is 0. The zero-order chi connectivity index (χ0) is 14.9. The lowest BCUT2D eigenvalue weighted by Gasteiger charge is -2.30. The van der Waals surface area contributed by atoms with Gasteiger partial charge in [0, 0.05) is 24.2 Å². The van der Waals surface area contributed by atoms with E-state index in [9.17, 15) is 0 Å². The maximum absolute atomic E-state index is 5.86. The van der Waals surface area contributed by atoms with Gasteiger partial charge in [0.2, 0.25) is 5.89 Å². The normalized spacial score (nSPS) is 19.8. The van der Waals surface area contributed by atoms with E-state index in [4.69, 9.17) is 9.15 Å². The number of hydrogen-bond donors (Lipinski definition) is 0. The molecule has 1 unspecified atom stereocenters. The Labute approximate surface area is 132 Å². The van der Waals surface area contributed by atoms with Crippen LogP contribution in [0.3, 0.4) is 0 Å². The number of fused-ring (bicyclic) bond motifs is 1. The predicted octanol–water partition coefficient (Wildman–Crippen LogP) is 3.17. The molecule has 1 atom stereocenters. The van der Waals surface area contributed by atoms with Crippen LogP contribution in [0, 0.1) is 6.92 Å². The van der Waals surface area contributed by atoms with Crippen molar-refractivity contribution in [2.75, 3.05) is 19.7 Å². The molecule has 1 aliphatic heterocycles. The molecule has 2 aromatic heterocycles. The predicted molar refractivity (Wildman–Crippen MR) is 84.8 cm³/mol. The molecule has 0 N–H and O–H groups in total. The second-order valence-electron chi connectivity index (χ2n) is 5.50. The van der Waals surface area contributed by atoms with Crippen molar-refractivity contribution < 1.29 is 9.15 Å². The van der Waals surface area contributed by atoms with Gasteiger partial charge in [-0.25, -0.2) is 9.97 Å². The van der Waals surface area contributed by atoms with E-state index in [0.717, 1.165) is 40.8 Å². The number of oxazole rings is 1. The third-order valence-corrected chi connectivity index (χ3v) is 4.81. The third kappa shape index (κ3) is 2.77. The summed E-state index contributed by atoms with van der Waals surface area (Å²) in [6, 6.07) is 7.87. The van der Waals surface area contributed by atoms with Gasteiger partial charge in [-0.15, -0.1) is 11.3 Å². The van der Waals surface area contributed by atoms with E-state index < -0.39 is 0 Å². The third-order valence-electron chi connectivity index (χ3n) is 3.76. The number of aromatic nitrogens is 2. The highest BCUT2D eigenvalue weighted by atomic mass is 32.1. The summed E-state index contributed by atoms with van der Waals surface area (Å²) in [5.41, 5.74) is 2.82. The van der Waals surface area contributed by atoms with Gasteiger partial charge in [0.1, 0.15) is 16.6 Å². The highest BCUT2D eigenvalue weighted by molar-refractivity contribution is 7.09. The minimum Gasteiger partial charge on any atom is -0.439 e. The van der Waals surface area contributed by atoms with Crippen LogP contribution in [0.1, 0.15) is 22.7 Å². The van der Waals surface area contributed by atoms with Gasteiger partial charge in [0.25, 0.3) is 0 Å². The van der Waals surface area contributed by atoms with Crippen molar-refractivity contribution in [3.63, 3.8) is 0 Å². The van der Waals surface area contributed by atoms with Gasteiger partial charge >= 0.3 is 0 Å². The largest absolute Gasteiger partial charge is 0.439 e. The van der Waals surface area contributed by atoms with Crippen LogP contribution in [0.4, 0.5) is 0 Å². The maximum Gasteiger partial charge on any atom is 0.209 e. The topological polar surface area (TPSA) is 51.4 Å². The van der Waals surface area contributed by atoms with Crippen LogP contribution >= 0.6 is 11.3 Å². The van der Waals surface area contributed by atoms with Crippen LogP contribution in [0.2, 0.25) is 0 Å². The summed E-state index contributed by atoms with van der Waals surface area (Å²) < 4.78 is 11.7. The minimum atomic E-state index is 0.0526. The number of thiazole rings is 1. The Hall–Kier alpha value is -1.76. The number of nitrogens with zero attached hydrogens (tertiary/aromatic N) is 3. The minimum absolute atomic E-state index is 0.0526. The van der Waals surface area contributed by atoms with E-state index in [2.05, 4.69) is 20.2 Å². The Morgan fingerprint density at radius 3 is 3.05 bits per heavy atom.